The molecule has 6 heteroatoms. The molecule has 0 bridgehead atoms. The van der Waals surface area contributed by atoms with Gasteiger partial charge < -0.3 is 16.2 Å². The summed E-state index contributed by atoms with van der Waals surface area (Å²) in [7, 11) is 0. The SMILES string of the molecule is Nc1cc(C(=O)O)c(F)cc1NCc1ccc(Br)cc1. The molecule has 0 radical (unpaired) electrons. The van der Waals surface area contributed by atoms with E-state index in [1.54, 1.807) is 0 Å². The minimum Gasteiger partial charge on any atom is -0.478 e. The highest BCUT2D eigenvalue weighted by Gasteiger charge is 2.13. The van der Waals surface area contributed by atoms with E-state index in [2.05, 4.69) is 21.2 Å². The molecule has 0 heterocycles. The Kier molecular flexibility index (Phi) is 4.24. The molecule has 0 aliphatic rings. The molecule has 0 saturated heterocycles. The van der Waals surface area contributed by atoms with Crippen molar-refractivity contribution in [3.05, 3.63) is 57.8 Å². The fourth-order valence-electron chi connectivity index (χ4n) is 1.71. The highest BCUT2D eigenvalue weighted by Crippen LogP contribution is 2.24. The van der Waals surface area contributed by atoms with Crippen molar-refractivity contribution in [3.63, 3.8) is 0 Å². The number of aromatic carboxylic acids is 1. The number of benzene rings is 2. The fraction of sp³-hybridized carbons (Fsp3) is 0.0714. The summed E-state index contributed by atoms with van der Waals surface area (Å²) < 4.78 is 14.5. The average molecular weight is 339 g/mol. The summed E-state index contributed by atoms with van der Waals surface area (Å²) >= 11 is 3.34. The molecule has 2 aromatic rings. The van der Waals surface area contributed by atoms with Crippen LogP contribution in [-0.4, -0.2) is 11.1 Å². The monoisotopic (exact) mass is 338 g/mol. The molecule has 0 saturated carbocycles. The Morgan fingerprint density at radius 2 is 1.95 bits per heavy atom. The maximum atomic E-state index is 13.6. The van der Waals surface area contributed by atoms with Crippen molar-refractivity contribution in [1.82, 2.24) is 0 Å². The zero-order valence-corrected chi connectivity index (χ0v) is 11.9. The fourth-order valence-corrected chi connectivity index (χ4v) is 1.97. The van der Waals surface area contributed by atoms with E-state index < -0.39 is 17.3 Å². The topological polar surface area (TPSA) is 75.4 Å². The number of nitrogen functional groups attached to an aromatic ring is 1. The largest absolute Gasteiger partial charge is 0.478 e. The number of anilines is 2. The van der Waals surface area contributed by atoms with Gasteiger partial charge in [-0.3, -0.25) is 0 Å². The third-order valence-electron chi connectivity index (χ3n) is 2.77. The van der Waals surface area contributed by atoms with Gasteiger partial charge in [0.1, 0.15) is 5.82 Å². The molecule has 20 heavy (non-hydrogen) atoms. The third-order valence-corrected chi connectivity index (χ3v) is 3.29. The number of hydrogen-bond acceptors (Lipinski definition) is 3. The summed E-state index contributed by atoms with van der Waals surface area (Å²) in [6.45, 7) is 0.462. The van der Waals surface area contributed by atoms with E-state index in [-0.39, 0.29) is 5.69 Å². The second-order valence-corrected chi connectivity index (χ2v) is 5.12. The van der Waals surface area contributed by atoms with E-state index in [9.17, 15) is 9.18 Å². The van der Waals surface area contributed by atoms with Crippen LogP contribution in [-0.2, 0) is 6.54 Å². The lowest BCUT2D eigenvalue weighted by atomic mass is 10.1. The maximum absolute atomic E-state index is 13.6. The highest BCUT2D eigenvalue weighted by atomic mass is 79.9. The van der Waals surface area contributed by atoms with Crippen molar-refractivity contribution >= 4 is 33.3 Å². The molecule has 2 aromatic carbocycles. The first kappa shape index (κ1) is 14.3. The van der Waals surface area contributed by atoms with Crippen LogP contribution in [0.3, 0.4) is 0 Å². The van der Waals surface area contributed by atoms with Crippen LogP contribution in [0, 0.1) is 5.82 Å². The Labute approximate surface area is 123 Å². The quantitative estimate of drug-likeness (QED) is 0.746. The van der Waals surface area contributed by atoms with Gasteiger partial charge in [0.15, 0.2) is 0 Å². The Balaban J connectivity index is 2.16. The van der Waals surface area contributed by atoms with E-state index in [1.165, 1.54) is 0 Å². The third kappa shape index (κ3) is 3.27. The van der Waals surface area contributed by atoms with Crippen LogP contribution in [0.1, 0.15) is 15.9 Å². The zero-order valence-electron chi connectivity index (χ0n) is 10.4. The van der Waals surface area contributed by atoms with Crippen molar-refractivity contribution in [2.75, 3.05) is 11.1 Å². The van der Waals surface area contributed by atoms with Gasteiger partial charge in [-0.25, -0.2) is 9.18 Å². The lowest BCUT2D eigenvalue weighted by Gasteiger charge is -2.11. The van der Waals surface area contributed by atoms with Crippen LogP contribution < -0.4 is 11.1 Å². The minimum atomic E-state index is -1.34. The van der Waals surface area contributed by atoms with E-state index in [0.717, 1.165) is 22.2 Å². The number of carbonyl (C=O) groups is 1. The summed E-state index contributed by atoms with van der Waals surface area (Å²) in [4.78, 5) is 10.8. The van der Waals surface area contributed by atoms with Crippen molar-refractivity contribution in [2.45, 2.75) is 6.54 Å². The molecule has 2 rings (SSSR count). The zero-order chi connectivity index (χ0) is 14.7. The number of nitrogens with two attached hydrogens (primary N) is 1. The molecule has 104 valence electrons. The van der Waals surface area contributed by atoms with Crippen molar-refractivity contribution in [2.24, 2.45) is 0 Å². The predicted molar refractivity (Wildman–Crippen MR) is 79.2 cm³/mol. The van der Waals surface area contributed by atoms with E-state index in [0.29, 0.717) is 12.2 Å². The number of carboxylic acids is 1. The van der Waals surface area contributed by atoms with Gasteiger partial charge in [-0.1, -0.05) is 28.1 Å². The number of rotatable bonds is 4. The van der Waals surface area contributed by atoms with Gasteiger partial charge in [0.05, 0.1) is 16.9 Å². The minimum absolute atomic E-state index is 0.195. The maximum Gasteiger partial charge on any atom is 0.338 e. The van der Waals surface area contributed by atoms with Gasteiger partial charge in [0.2, 0.25) is 0 Å². The molecule has 4 N–H and O–H groups in total. The van der Waals surface area contributed by atoms with Crippen LogP contribution in [0.2, 0.25) is 0 Å². The van der Waals surface area contributed by atoms with Crippen LogP contribution in [0.15, 0.2) is 40.9 Å². The molecule has 0 amide bonds. The lowest BCUT2D eigenvalue weighted by Crippen LogP contribution is -2.07. The van der Waals surface area contributed by atoms with Crippen molar-refractivity contribution in [1.29, 1.82) is 0 Å². The molecule has 0 aliphatic carbocycles. The first-order chi connectivity index (χ1) is 9.47. The van der Waals surface area contributed by atoms with E-state index in [4.69, 9.17) is 10.8 Å². The van der Waals surface area contributed by atoms with Crippen LogP contribution in [0.25, 0.3) is 0 Å². The lowest BCUT2D eigenvalue weighted by molar-refractivity contribution is 0.0692. The summed E-state index contributed by atoms with van der Waals surface area (Å²) in [5, 5.41) is 11.8. The van der Waals surface area contributed by atoms with E-state index >= 15 is 0 Å². The summed E-state index contributed by atoms with van der Waals surface area (Å²) in [6, 6.07) is 9.83. The molecule has 0 atom stereocenters. The number of carboxylic acid groups (broad SMARTS) is 1. The van der Waals surface area contributed by atoms with E-state index in [1.807, 2.05) is 24.3 Å². The molecule has 0 unspecified atom stereocenters. The Morgan fingerprint density at radius 1 is 1.30 bits per heavy atom. The van der Waals surface area contributed by atoms with Gasteiger partial charge >= 0.3 is 5.97 Å². The Hall–Kier alpha value is -2.08. The Morgan fingerprint density at radius 3 is 2.55 bits per heavy atom. The van der Waals surface area contributed by atoms with Gasteiger partial charge in [-0.05, 0) is 29.8 Å². The van der Waals surface area contributed by atoms with Gasteiger partial charge in [0.25, 0.3) is 0 Å². The molecular formula is C14H12BrFN2O2. The highest BCUT2D eigenvalue weighted by molar-refractivity contribution is 9.10. The van der Waals surface area contributed by atoms with Gasteiger partial charge in [-0.2, -0.15) is 0 Å². The van der Waals surface area contributed by atoms with Crippen molar-refractivity contribution in [3.8, 4) is 0 Å². The summed E-state index contributed by atoms with van der Waals surface area (Å²) in [5.41, 5.74) is 6.84. The van der Waals surface area contributed by atoms with Crippen LogP contribution in [0.4, 0.5) is 15.8 Å². The molecule has 4 nitrogen and oxygen atoms in total. The molecule has 0 aromatic heterocycles. The normalized spacial score (nSPS) is 10.3. The van der Waals surface area contributed by atoms with Crippen LogP contribution in [0.5, 0.6) is 0 Å². The smallest absolute Gasteiger partial charge is 0.338 e. The molecule has 0 spiro atoms. The van der Waals surface area contributed by atoms with Gasteiger partial charge in [-0.15, -0.1) is 0 Å². The first-order valence-electron chi connectivity index (χ1n) is 5.78. The number of hydrogen-bond donors (Lipinski definition) is 3. The molecular weight excluding hydrogens is 327 g/mol. The van der Waals surface area contributed by atoms with Crippen molar-refractivity contribution < 1.29 is 14.3 Å². The molecule has 0 aliphatic heterocycles. The second kappa shape index (κ2) is 5.92. The van der Waals surface area contributed by atoms with Crippen LogP contribution >= 0.6 is 15.9 Å². The summed E-state index contributed by atoms with van der Waals surface area (Å²) in [5.74, 6) is -2.15. The standard InChI is InChI=1S/C14H12BrFN2O2/c15-9-3-1-8(2-4-9)7-18-13-6-11(16)10(14(19)20)5-12(13)17/h1-6,18H,7,17H2,(H,19,20). The predicted octanol–water partition coefficient (Wildman–Crippen LogP) is 3.48. The first-order valence-corrected chi connectivity index (χ1v) is 6.57. The Bertz CT molecular complexity index is 644. The molecule has 0 fully saturated rings. The average Bonchev–Trinajstić information content (AvgIpc) is 2.41. The number of halogens is 2. The second-order valence-electron chi connectivity index (χ2n) is 4.20. The summed E-state index contributed by atoms with van der Waals surface area (Å²) in [6.07, 6.45) is 0. The van der Waals surface area contributed by atoms with Gasteiger partial charge in [0, 0.05) is 11.0 Å². The number of nitrogens with one attached hydrogen (secondary N) is 1.